The number of aromatic nitrogens is 1. The van der Waals surface area contributed by atoms with Gasteiger partial charge in [-0.3, -0.25) is 0 Å². The van der Waals surface area contributed by atoms with Crippen molar-refractivity contribution in [2.75, 3.05) is 7.11 Å². The van der Waals surface area contributed by atoms with Gasteiger partial charge in [-0.05, 0) is 34.1 Å². The molecule has 72 valence electrons. The third-order valence-electron chi connectivity index (χ3n) is 1.89. The molecule has 0 saturated heterocycles. The zero-order valence-electron chi connectivity index (χ0n) is 7.42. The third-order valence-corrected chi connectivity index (χ3v) is 2.96. The van der Waals surface area contributed by atoms with Gasteiger partial charge >= 0.3 is 0 Å². The zero-order valence-corrected chi connectivity index (χ0v) is 10.6. The van der Waals surface area contributed by atoms with Gasteiger partial charge in [0.15, 0.2) is 0 Å². The van der Waals surface area contributed by atoms with Crippen molar-refractivity contribution in [1.29, 1.82) is 0 Å². The fraction of sp³-hybridized carbons (Fsp3) is 0.100. The first-order valence-electron chi connectivity index (χ1n) is 4.00. The van der Waals surface area contributed by atoms with E-state index in [4.69, 9.17) is 4.74 Å². The number of methoxy groups -OCH3 is 1. The highest BCUT2D eigenvalue weighted by atomic mass is 79.9. The SMILES string of the molecule is COc1ccc2cc(Br)cc(Br)c2n1. The number of fused-ring (bicyclic) bond motifs is 1. The molecule has 0 aliphatic carbocycles. The van der Waals surface area contributed by atoms with Gasteiger partial charge in [-0.15, -0.1) is 0 Å². The summed E-state index contributed by atoms with van der Waals surface area (Å²) in [5.41, 5.74) is 0.910. The Morgan fingerprint density at radius 3 is 2.71 bits per heavy atom. The van der Waals surface area contributed by atoms with E-state index in [1.165, 1.54) is 0 Å². The van der Waals surface area contributed by atoms with Crippen molar-refractivity contribution in [3.63, 3.8) is 0 Å². The van der Waals surface area contributed by atoms with Crippen LogP contribution in [0.1, 0.15) is 0 Å². The van der Waals surface area contributed by atoms with Crippen LogP contribution < -0.4 is 4.74 Å². The molecule has 2 aromatic rings. The molecule has 4 heteroatoms. The first-order valence-corrected chi connectivity index (χ1v) is 5.59. The van der Waals surface area contributed by atoms with Crippen molar-refractivity contribution >= 4 is 42.8 Å². The van der Waals surface area contributed by atoms with Gasteiger partial charge in [0.1, 0.15) is 0 Å². The number of pyridine rings is 1. The lowest BCUT2D eigenvalue weighted by molar-refractivity contribution is 0.399. The minimum absolute atomic E-state index is 0.625. The fourth-order valence-corrected chi connectivity index (χ4v) is 2.60. The van der Waals surface area contributed by atoms with E-state index in [1.54, 1.807) is 7.11 Å². The van der Waals surface area contributed by atoms with Crippen molar-refractivity contribution in [1.82, 2.24) is 4.98 Å². The van der Waals surface area contributed by atoms with Crippen LogP contribution in [0.4, 0.5) is 0 Å². The summed E-state index contributed by atoms with van der Waals surface area (Å²) in [4.78, 5) is 4.34. The average molecular weight is 317 g/mol. The van der Waals surface area contributed by atoms with E-state index >= 15 is 0 Å². The van der Waals surface area contributed by atoms with Gasteiger partial charge in [0.05, 0.1) is 12.6 Å². The first-order chi connectivity index (χ1) is 6.70. The number of hydrogen-bond donors (Lipinski definition) is 0. The maximum atomic E-state index is 5.06. The standard InChI is InChI=1S/C10H7Br2NO/c1-14-9-3-2-6-4-7(11)5-8(12)10(6)13-9/h2-5H,1H3. The summed E-state index contributed by atoms with van der Waals surface area (Å²) >= 11 is 6.89. The maximum Gasteiger partial charge on any atom is 0.213 e. The van der Waals surface area contributed by atoms with Crippen LogP contribution in [-0.2, 0) is 0 Å². The Morgan fingerprint density at radius 1 is 1.21 bits per heavy atom. The molecule has 2 rings (SSSR count). The summed E-state index contributed by atoms with van der Waals surface area (Å²) in [5.74, 6) is 0.625. The second-order valence-electron chi connectivity index (χ2n) is 2.81. The number of benzene rings is 1. The highest BCUT2D eigenvalue weighted by Crippen LogP contribution is 2.28. The molecule has 0 amide bonds. The van der Waals surface area contributed by atoms with Crippen LogP contribution in [0.2, 0.25) is 0 Å². The van der Waals surface area contributed by atoms with Crippen molar-refractivity contribution in [3.8, 4) is 5.88 Å². The van der Waals surface area contributed by atoms with Crippen LogP contribution in [0.25, 0.3) is 10.9 Å². The van der Waals surface area contributed by atoms with Crippen molar-refractivity contribution < 1.29 is 4.74 Å². The topological polar surface area (TPSA) is 22.1 Å². The molecule has 0 spiro atoms. The van der Waals surface area contributed by atoms with Crippen LogP contribution in [0.15, 0.2) is 33.2 Å². The predicted octanol–water partition coefficient (Wildman–Crippen LogP) is 3.77. The summed E-state index contributed by atoms with van der Waals surface area (Å²) < 4.78 is 7.05. The highest BCUT2D eigenvalue weighted by molar-refractivity contribution is 9.11. The molecule has 0 radical (unpaired) electrons. The molecular formula is C10H7Br2NO. The molecule has 2 nitrogen and oxygen atoms in total. The largest absolute Gasteiger partial charge is 0.481 e. The van der Waals surface area contributed by atoms with Gasteiger partial charge in [-0.25, -0.2) is 4.98 Å². The number of halogens is 2. The number of hydrogen-bond acceptors (Lipinski definition) is 2. The van der Waals surface area contributed by atoms with Crippen LogP contribution in [0, 0.1) is 0 Å². The van der Waals surface area contributed by atoms with E-state index in [1.807, 2.05) is 24.3 Å². The van der Waals surface area contributed by atoms with Gasteiger partial charge < -0.3 is 4.74 Å². The quantitative estimate of drug-likeness (QED) is 0.799. The highest BCUT2D eigenvalue weighted by Gasteiger charge is 2.03. The average Bonchev–Trinajstić information content (AvgIpc) is 2.17. The van der Waals surface area contributed by atoms with Crippen LogP contribution in [0.3, 0.4) is 0 Å². The molecular weight excluding hydrogens is 310 g/mol. The molecule has 0 aliphatic rings. The Balaban J connectivity index is 2.75. The minimum atomic E-state index is 0.625. The number of nitrogens with zero attached hydrogens (tertiary/aromatic N) is 1. The summed E-state index contributed by atoms with van der Waals surface area (Å²) in [6.45, 7) is 0. The van der Waals surface area contributed by atoms with Gasteiger partial charge in [0.2, 0.25) is 5.88 Å². The van der Waals surface area contributed by atoms with Crippen molar-refractivity contribution in [2.24, 2.45) is 0 Å². The van der Waals surface area contributed by atoms with Crippen molar-refractivity contribution in [3.05, 3.63) is 33.2 Å². The Bertz CT molecular complexity index is 485. The minimum Gasteiger partial charge on any atom is -0.481 e. The van der Waals surface area contributed by atoms with Crippen LogP contribution >= 0.6 is 31.9 Å². The molecule has 0 aliphatic heterocycles. The van der Waals surface area contributed by atoms with E-state index < -0.39 is 0 Å². The summed E-state index contributed by atoms with van der Waals surface area (Å²) in [5, 5.41) is 1.08. The van der Waals surface area contributed by atoms with Crippen LogP contribution in [0.5, 0.6) is 5.88 Å². The molecule has 0 bridgehead atoms. The fourth-order valence-electron chi connectivity index (χ4n) is 1.25. The normalized spacial score (nSPS) is 10.5. The lowest BCUT2D eigenvalue weighted by atomic mass is 10.2. The van der Waals surface area contributed by atoms with E-state index in [0.29, 0.717) is 5.88 Å². The van der Waals surface area contributed by atoms with Crippen LogP contribution in [-0.4, -0.2) is 12.1 Å². The first kappa shape index (κ1) is 9.93. The second kappa shape index (κ2) is 3.87. The van der Waals surface area contributed by atoms with Gasteiger partial charge in [0, 0.05) is 20.4 Å². The maximum absolute atomic E-state index is 5.06. The molecule has 0 saturated carbocycles. The van der Waals surface area contributed by atoms with Gasteiger partial charge in [-0.2, -0.15) is 0 Å². The molecule has 0 N–H and O–H groups in total. The van der Waals surface area contributed by atoms with E-state index in [2.05, 4.69) is 36.8 Å². The molecule has 1 aromatic heterocycles. The summed E-state index contributed by atoms with van der Waals surface area (Å²) in [6, 6.07) is 7.82. The molecule has 0 unspecified atom stereocenters. The zero-order chi connectivity index (χ0) is 10.1. The third kappa shape index (κ3) is 1.77. The Kier molecular flexibility index (Phi) is 2.74. The summed E-state index contributed by atoms with van der Waals surface area (Å²) in [6.07, 6.45) is 0. The Labute approximate surface area is 98.5 Å². The van der Waals surface area contributed by atoms with Gasteiger partial charge in [-0.1, -0.05) is 15.9 Å². The lowest BCUT2D eigenvalue weighted by Gasteiger charge is -2.03. The number of ether oxygens (including phenoxy) is 1. The van der Waals surface area contributed by atoms with E-state index in [9.17, 15) is 0 Å². The monoisotopic (exact) mass is 315 g/mol. The Hall–Kier alpha value is -0.610. The van der Waals surface area contributed by atoms with E-state index in [0.717, 1.165) is 19.8 Å². The van der Waals surface area contributed by atoms with Crippen molar-refractivity contribution in [2.45, 2.75) is 0 Å². The second-order valence-corrected chi connectivity index (χ2v) is 4.58. The molecule has 1 heterocycles. The smallest absolute Gasteiger partial charge is 0.213 e. The number of rotatable bonds is 1. The van der Waals surface area contributed by atoms with Gasteiger partial charge in [0.25, 0.3) is 0 Å². The molecule has 14 heavy (non-hydrogen) atoms. The van der Waals surface area contributed by atoms with E-state index in [-0.39, 0.29) is 0 Å². The molecule has 0 fully saturated rings. The Morgan fingerprint density at radius 2 is 2.00 bits per heavy atom. The lowest BCUT2D eigenvalue weighted by Crippen LogP contribution is -1.88. The molecule has 0 atom stereocenters. The summed E-state index contributed by atoms with van der Waals surface area (Å²) in [7, 11) is 1.61. The molecule has 1 aromatic carbocycles. The predicted molar refractivity (Wildman–Crippen MR) is 63.7 cm³/mol.